The van der Waals surface area contributed by atoms with E-state index in [9.17, 15) is 5.11 Å². The van der Waals surface area contributed by atoms with Crippen molar-refractivity contribution in [1.82, 2.24) is 0 Å². The van der Waals surface area contributed by atoms with Crippen LogP contribution in [0.4, 0.5) is 5.69 Å². The maximum absolute atomic E-state index is 9.72. The molecular formula is C14H17NO3. The van der Waals surface area contributed by atoms with Gasteiger partial charge in [0.15, 0.2) is 0 Å². The summed E-state index contributed by atoms with van der Waals surface area (Å²) in [6, 6.07) is 13.4. The molecule has 0 aliphatic heterocycles. The van der Waals surface area contributed by atoms with Crippen LogP contribution in [0.15, 0.2) is 53.1 Å². The Bertz CT molecular complexity index is 428. The fourth-order valence-electron chi connectivity index (χ4n) is 1.54. The molecule has 1 unspecified atom stereocenters. The van der Waals surface area contributed by atoms with Crippen molar-refractivity contribution in [2.24, 2.45) is 0 Å². The fraction of sp³-hybridized carbons (Fsp3) is 0.286. The number of aliphatic hydroxyl groups excluding tert-OH is 1. The molecule has 4 heteroatoms. The van der Waals surface area contributed by atoms with E-state index in [2.05, 4.69) is 5.32 Å². The molecule has 0 fully saturated rings. The van der Waals surface area contributed by atoms with Crippen LogP contribution in [0.2, 0.25) is 0 Å². The molecular weight excluding hydrogens is 230 g/mol. The largest absolute Gasteiger partial charge is 0.467 e. The SMILES string of the molecule is OC(CNc1ccccc1)COCc1ccco1. The molecule has 0 saturated carbocycles. The van der Waals surface area contributed by atoms with Crippen molar-refractivity contribution in [2.45, 2.75) is 12.7 Å². The van der Waals surface area contributed by atoms with Gasteiger partial charge in [0.2, 0.25) is 0 Å². The lowest BCUT2D eigenvalue weighted by atomic mass is 10.3. The van der Waals surface area contributed by atoms with Crippen molar-refractivity contribution < 1.29 is 14.3 Å². The number of hydrogen-bond donors (Lipinski definition) is 2. The van der Waals surface area contributed by atoms with Gasteiger partial charge in [0.25, 0.3) is 0 Å². The van der Waals surface area contributed by atoms with Crippen LogP contribution in [-0.2, 0) is 11.3 Å². The lowest BCUT2D eigenvalue weighted by Crippen LogP contribution is -2.24. The molecule has 0 aliphatic carbocycles. The Morgan fingerprint density at radius 3 is 2.72 bits per heavy atom. The van der Waals surface area contributed by atoms with E-state index in [4.69, 9.17) is 9.15 Å². The summed E-state index contributed by atoms with van der Waals surface area (Å²) in [4.78, 5) is 0. The Kier molecular flexibility index (Phi) is 4.81. The molecule has 0 saturated heterocycles. The zero-order valence-corrected chi connectivity index (χ0v) is 10.1. The van der Waals surface area contributed by atoms with E-state index in [1.165, 1.54) is 0 Å². The molecule has 18 heavy (non-hydrogen) atoms. The molecule has 2 N–H and O–H groups in total. The Labute approximate surface area is 106 Å². The standard InChI is InChI=1S/C14H17NO3/c16-13(9-15-12-5-2-1-3-6-12)10-17-11-14-7-4-8-18-14/h1-8,13,15-16H,9-11H2. The highest BCUT2D eigenvalue weighted by Crippen LogP contribution is 2.05. The average molecular weight is 247 g/mol. The van der Waals surface area contributed by atoms with Crippen molar-refractivity contribution in [3.63, 3.8) is 0 Å². The number of benzene rings is 1. The van der Waals surface area contributed by atoms with Crippen LogP contribution >= 0.6 is 0 Å². The van der Waals surface area contributed by atoms with E-state index in [1.54, 1.807) is 6.26 Å². The Morgan fingerprint density at radius 2 is 2.00 bits per heavy atom. The summed E-state index contributed by atoms with van der Waals surface area (Å²) >= 11 is 0. The second kappa shape index (κ2) is 6.83. The first-order valence-electron chi connectivity index (χ1n) is 5.92. The lowest BCUT2D eigenvalue weighted by Gasteiger charge is -2.12. The van der Waals surface area contributed by atoms with Crippen molar-refractivity contribution in [3.8, 4) is 0 Å². The molecule has 0 aliphatic rings. The van der Waals surface area contributed by atoms with E-state index in [-0.39, 0.29) is 6.61 Å². The topological polar surface area (TPSA) is 54.6 Å². The van der Waals surface area contributed by atoms with Gasteiger partial charge in [-0.2, -0.15) is 0 Å². The van der Waals surface area contributed by atoms with Gasteiger partial charge in [-0.1, -0.05) is 18.2 Å². The zero-order valence-electron chi connectivity index (χ0n) is 10.1. The van der Waals surface area contributed by atoms with Crippen LogP contribution in [-0.4, -0.2) is 24.4 Å². The smallest absolute Gasteiger partial charge is 0.129 e. The molecule has 1 aromatic heterocycles. The van der Waals surface area contributed by atoms with Crippen LogP contribution in [0.5, 0.6) is 0 Å². The summed E-state index contributed by atoms with van der Waals surface area (Å²) < 4.78 is 10.5. The van der Waals surface area contributed by atoms with Crippen molar-refractivity contribution in [2.75, 3.05) is 18.5 Å². The van der Waals surface area contributed by atoms with E-state index in [0.717, 1.165) is 11.4 Å². The van der Waals surface area contributed by atoms with Crippen molar-refractivity contribution in [1.29, 1.82) is 0 Å². The molecule has 1 aromatic carbocycles. The molecule has 0 amide bonds. The monoisotopic (exact) mass is 247 g/mol. The van der Waals surface area contributed by atoms with Crippen molar-refractivity contribution in [3.05, 3.63) is 54.5 Å². The normalized spacial score (nSPS) is 12.3. The van der Waals surface area contributed by atoms with Gasteiger partial charge in [-0.25, -0.2) is 0 Å². The first kappa shape index (κ1) is 12.7. The molecule has 2 rings (SSSR count). The summed E-state index contributed by atoms with van der Waals surface area (Å²) in [5.74, 6) is 0.762. The number of hydrogen-bond acceptors (Lipinski definition) is 4. The predicted molar refractivity (Wildman–Crippen MR) is 69.3 cm³/mol. The minimum absolute atomic E-state index is 0.278. The molecule has 1 heterocycles. The highest BCUT2D eigenvalue weighted by molar-refractivity contribution is 5.42. The van der Waals surface area contributed by atoms with E-state index >= 15 is 0 Å². The van der Waals surface area contributed by atoms with E-state index in [0.29, 0.717) is 13.2 Å². The number of furan rings is 1. The molecule has 1 atom stereocenters. The fourth-order valence-corrected chi connectivity index (χ4v) is 1.54. The highest BCUT2D eigenvalue weighted by Gasteiger charge is 2.04. The molecule has 4 nitrogen and oxygen atoms in total. The number of ether oxygens (including phenoxy) is 1. The Hall–Kier alpha value is -1.78. The van der Waals surface area contributed by atoms with Crippen LogP contribution in [0.3, 0.4) is 0 Å². The molecule has 96 valence electrons. The number of nitrogens with one attached hydrogen (secondary N) is 1. The van der Waals surface area contributed by atoms with E-state index in [1.807, 2.05) is 42.5 Å². The lowest BCUT2D eigenvalue weighted by molar-refractivity contribution is 0.0282. The third-order valence-electron chi connectivity index (χ3n) is 2.45. The average Bonchev–Trinajstić information content (AvgIpc) is 2.91. The third kappa shape index (κ3) is 4.24. The van der Waals surface area contributed by atoms with Crippen LogP contribution in [0, 0.1) is 0 Å². The Morgan fingerprint density at radius 1 is 1.17 bits per heavy atom. The molecule has 0 spiro atoms. The molecule has 0 radical (unpaired) electrons. The summed E-state index contributed by atoms with van der Waals surface area (Å²) in [5.41, 5.74) is 0.989. The van der Waals surface area contributed by atoms with Gasteiger partial charge in [-0.15, -0.1) is 0 Å². The zero-order chi connectivity index (χ0) is 12.6. The first-order chi connectivity index (χ1) is 8.84. The number of aliphatic hydroxyl groups is 1. The minimum atomic E-state index is -0.542. The maximum Gasteiger partial charge on any atom is 0.129 e. The number of rotatable bonds is 7. The van der Waals surface area contributed by atoms with Gasteiger partial charge in [-0.05, 0) is 24.3 Å². The van der Waals surface area contributed by atoms with Crippen LogP contribution in [0.25, 0.3) is 0 Å². The van der Waals surface area contributed by atoms with Gasteiger partial charge in [0, 0.05) is 12.2 Å². The quantitative estimate of drug-likeness (QED) is 0.788. The first-order valence-corrected chi connectivity index (χ1v) is 5.92. The minimum Gasteiger partial charge on any atom is -0.467 e. The highest BCUT2D eigenvalue weighted by atomic mass is 16.5. The third-order valence-corrected chi connectivity index (χ3v) is 2.45. The van der Waals surface area contributed by atoms with Crippen LogP contribution in [0.1, 0.15) is 5.76 Å². The Balaban J connectivity index is 1.62. The summed E-state index contributed by atoms with van der Waals surface area (Å²) in [6.07, 6.45) is 1.06. The van der Waals surface area contributed by atoms with Gasteiger partial charge in [0.1, 0.15) is 12.4 Å². The summed E-state index contributed by atoms with van der Waals surface area (Å²) in [6.45, 7) is 1.12. The van der Waals surface area contributed by atoms with Gasteiger partial charge >= 0.3 is 0 Å². The maximum atomic E-state index is 9.72. The second-order valence-corrected chi connectivity index (χ2v) is 4.00. The molecule has 0 bridgehead atoms. The van der Waals surface area contributed by atoms with Crippen LogP contribution < -0.4 is 5.32 Å². The summed E-state index contributed by atoms with van der Waals surface area (Å²) in [5, 5.41) is 12.9. The van der Waals surface area contributed by atoms with Gasteiger partial charge in [0.05, 0.1) is 19.0 Å². The van der Waals surface area contributed by atoms with Gasteiger partial charge in [-0.3, -0.25) is 0 Å². The number of para-hydroxylation sites is 1. The van der Waals surface area contributed by atoms with E-state index < -0.39 is 6.10 Å². The summed E-state index contributed by atoms with van der Waals surface area (Å²) in [7, 11) is 0. The molecule has 2 aromatic rings. The second-order valence-electron chi connectivity index (χ2n) is 4.00. The number of anilines is 1. The predicted octanol–water partition coefficient (Wildman–Crippen LogP) is 2.27. The van der Waals surface area contributed by atoms with Crippen molar-refractivity contribution >= 4 is 5.69 Å². The van der Waals surface area contributed by atoms with Gasteiger partial charge < -0.3 is 19.6 Å².